The molecule has 1 heterocycles. The van der Waals surface area contributed by atoms with Crippen LogP contribution in [-0.2, 0) is 9.53 Å². The highest BCUT2D eigenvalue weighted by Crippen LogP contribution is 2.28. The Kier molecular flexibility index (Phi) is 6.47. The summed E-state index contributed by atoms with van der Waals surface area (Å²) < 4.78 is 5.14. The number of esters is 1. The zero-order chi connectivity index (χ0) is 21.7. The highest BCUT2D eigenvalue weighted by molar-refractivity contribution is 6.06. The number of benzene rings is 2. The van der Waals surface area contributed by atoms with Crippen LogP contribution in [0.2, 0.25) is 0 Å². The van der Waals surface area contributed by atoms with E-state index in [0.717, 1.165) is 16.7 Å². The van der Waals surface area contributed by atoms with Crippen molar-refractivity contribution in [3.63, 3.8) is 0 Å². The predicted octanol–water partition coefficient (Wildman–Crippen LogP) is 4.08. The van der Waals surface area contributed by atoms with E-state index in [1.54, 1.807) is 26.0 Å². The van der Waals surface area contributed by atoms with Gasteiger partial charge in [-0.3, -0.25) is 4.79 Å². The first-order chi connectivity index (χ1) is 14.4. The van der Waals surface area contributed by atoms with Crippen molar-refractivity contribution in [2.45, 2.75) is 26.8 Å². The van der Waals surface area contributed by atoms with Crippen molar-refractivity contribution in [3.05, 3.63) is 88.1 Å². The van der Waals surface area contributed by atoms with Crippen LogP contribution in [0.4, 0.5) is 4.79 Å². The summed E-state index contributed by atoms with van der Waals surface area (Å²) in [6.07, 6.45) is 3.27. The number of amides is 2. The molecule has 154 valence electrons. The maximum atomic E-state index is 12.4. The molecule has 0 fully saturated rings. The van der Waals surface area contributed by atoms with Gasteiger partial charge in [-0.2, -0.15) is 0 Å². The number of urea groups is 1. The molecule has 2 aromatic carbocycles. The van der Waals surface area contributed by atoms with Gasteiger partial charge in [-0.05, 0) is 44.0 Å². The number of nitrogens with one attached hydrogen (secondary N) is 2. The number of carbonyl (C=O) groups excluding carboxylic acids is 3. The minimum absolute atomic E-state index is 0.0726. The Labute approximate surface area is 175 Å². The zero-order valence-corrected chi connectivity index (χ0v) is 17.2. The van der Waals surface area contributed by atoms with Crippen LogP contribution in [0.5, 0.6) is 0 Å². The van der Waals surface area contributed by atoms with E-state index < -0.39 is 12.0 Å². The van der Waals surface area contributed by atoms with Crippen molar-refractivity contribution in [3.8, 4) is 0 Å². The number of carbonyl (C=O) groups is 3. The fourth-order valence-corrected chi connectivity index (χ4v) is 3.29. The van der Waals surface area contributed by atoms with E-state index >= 15 is 0 Å². The van der Waals surface area contributed by atoms with Gasteiger partial charge in [0.25, 0.3) is 0 Å². The van der Waals surface area contributed by atoms with Gasteiger partial charge in [-0.1, -0.05) is 54.1 Å². The largest absolute Gasteiger partial charge is 0.463 e. The first-order valence-electron chi connectivity index (χ1n) is 9.73. The SMILES string of the molecule is CCOC(=O)C1=C(C)NC(=O)NC1c1ccc(/C=C/C(=O)c2cccc(C)c2)cc1. The van der Waals surface area contributed by atoms with E-state index in [4.69, 9.17) is 4.74 Å². The van der Waals surface area contributed by atoms with E-state index in [2.05, 4.69) is 10.6 Å². The van der Waals surface area contributed by atoms with Gasteiger partial charge in [0.05, 0.1) is 18.2 Å². The molecule has 6 heteroatoms. The number of aryl methyl sites for hydroxylation is 1. The topological polar surface area (TPSA) is 84.5 Å². The standard InChI is InChI=1S/C24H24N2O4/c1-4-30-23(28)21-16(3)25-24(29)26-22(21)18-11-8-17(9-12-18)10-13-20(27)19-7-5-6-15(2)14-19/h5-14,22H,4H2,1-3H3,(H2,25,26,29)/b13-10+. The van der Waals surface area contributed by atoms with Crippen LogP contribution in [0.15, 0.2) is 65.9 Å². The molecule has 1 unspecified atom stereocenters. The third-order valence-corrected chi connectivity index (χ3v) is 4.76. The van der Waals surface area contributed by atoms with Crippen LogP contribution in [0.25, 0.3) is 6.08 Å². The van der Waals surface area contributed by atoms with Gasteiger partial charge in [0.15, 0.2) is 5.78 Å². The lowest BCUT2D eigenvalue weighted by Gasteiger charge is -2.28. The third kappa shape index (κ3) is 4.84. The number of hydrogen-bond donors (Lipinski definition) is 2. The first-order valence-corrected chi connectivity index (χ1v) is 9.73. The monoisotopic (exact) mass is 404 g/mol. The summed E-state index contributed by atoms with van der Waals surface area (Å²) in [6.45, 7) is 5.59. The molecule has 3 rings (SSSR count). The van der Waals surface area contributed by atoms with Gasteiger partial charge in [0.1, 0.15) is 0 Å². The second-order valence-electron chi connectivity index (χ2n) is 7.02. The molecule has 2 amide bonds. The van der Waals surface area contributed by atoms with Gasteiger partial charge in [0, 0.05) is 11.3 Å². The van der Waals surface area contributed by atoms with E-state index in [1.165, 1.54) is 6.08 Å². The van der Waals surface area contributed by atoms with Crippen molar-refractivity contribution in [2.75, 3.05) is 6.61 Å². The van der Waals surface area contributed by atoms with E-state index in [9.17, 15) is 14.4 Å². The molecular formula is C24H24N2O4. The molecule has 30 heavy (non-hydrogen) atoms. The summed E-state index contributed by atoms with van der Waals surface area (Å²) >= 11 is 0. The molecule has 0 saturated carbocycles. The minimum Gasteiger partial charge on any atom is -0.463 e. The lowest BCUT2D eigenvalue weighted by atomic mass is 9.94. The van der Waals surface area contributed by atoms with Gasteiger partial charge >= 0.3 is 12.0 Å². The molecule has 2 aromatic rings. The number of hydrogen-bond acceptors (Lipinski definition) is 4. The first kappa shape index (κ1) is 21.0. The van der Waals surface area contributed by atoms with Crippen LogP contribution < -0.4 is 10.6 Å². The van der Waals surface area contributed by atoms with Crippen molar-refractivity contribution in [1.82, 2.24) is 10.6 Å². The number of rotatable bonds is 6. The molecule has 0 saturated heterocycles. The normalized spacial score (nSPS) is 16.2. The summed E-state index contributed by atoms with van der Waals surface area (Å²) in [5.41, 5.74) is 4.08. The molecule has 1 aliphatic heterocycles. The average molecular weight is 404 g/mol. The van der Waals surface area contributed by atoms with E-state index in [1.807, 2.05) is 49.4 Å². The molecule has 0 spiro atoms. The average Bonchev–Trinajstić information content (AvgIpc) is 2.72. The molecule has 2 N–H and O–H groups in total. The number of ether oxygens (including phenoxy) is 1. The van der Waals surface area contributed by atoms with E-state index in [0.29, 0.717) is 16.8 Å². The summed E-state index contributed by atoms with van der Waals surface area (Å²) in [7, 11) is 0. The highest BCUT2D eigenvalue weighted by atomic mass is 16.5. The maximum Gasteiger partial charge on any atom is 0.338 e. The number of ketones is 1. The van der Waals surface area contributed by atoms with Gasteiger partial charge in [0.2, 0.25) is 0 Å². The summed E-state index contributed by atoms with van der Waals surface area (Å²) in [6, 6.07) is 13.8. The van der Waals surface area contributed by atoms with Crippen LogP contribution in [-0.4, -0.2) is 24.4 Å². The fourth-order valence-electron chi connectivity index (χ4n) is 3.29. The molecular weight excluding hydrogens is 380 g/mol. The summed E-state index contributed by atoms with van der Waals surface area (Å²) in [4.78, 5) is 36.6. The van der Waals surface area contributed by atoms with Crippen LogP contribution in [0.3, 0.4) is 0 Å². The van der Waals surface area contributed by atoms with E-state index in [-0.39, 0.29) is 18.4 Å². The summed E-state index contributed by atoms with van der Waals surface area (Å²) in [5, 5.41) is 5.38. The minimum atomic E-state index is -0.607. The Morgan fingerprint density at radius 2 is 1.83 bits per heavy atom. The Balaban J connectivity index is 1.80. The van der Waals surface area contributed by atoms with Crippen molar-refractivity contribution in [1.29, 1.82) is 0 Å². The Morgan fingerprint density at radius 3 is 2.50 bits per heavy atom. The Bertz CT molecular complexity index is 1040. The van der Waals surface area contributed by atoms with Crippen molar-refractivity contribution in [2.24, 2.45) is 0 Å². The molecule has 1 atom stereocenters. The Hall–Kier alpha value is -3.67. The highest BCUT2D eigenvalue weighted by Gasteiger charge is 2.31. The van der Waals surface area contributed by atoms with Gasteiger partial charge in [-0.15, -0.1) is 0 Å². The van der Waals surface area contributed by atoms with Crippen molar-refractivity contribution < 1.29 is 19.1 Å². The number of allylic oxidation sites excluding steroid dienone is 2. The van der Waals surface area contributed by atoms with Gasteiger partial charge in [-0.25, -0.2) is 9.59 Å². The Morgan fingerprint density at radius 1 is 1.10 bits per heavy atom. The third-order valence-electron chi connectivity index (χ3n) is 4.76. The van der Waals surface area contributed by atoms with Crippen LogP contribution >= 0.6 is 0 Å². The predicted molar refractivity (Wildman–Crippen MR) is 115 cm³/mol. The fraction of sp³-hybridized carbons (Fsp3) is 0.208. The lowest BCUT2D eigenvalue weighted by Crippen LogP contribution is -2.45. The molecule has 0 radical (unpaired) electrons. The second kappa shape index (κ2) is 9.22. The van der Waals surface area contributed by atoms with Crippen molar-refractivity contribution >= 4 is 23.9 Å². The molecule has 6 nitrogen and oxygen atoms in total. The quantitative estimate of drug-likeness (QED) is 0.432. The smallest absolute Gasteiger partial charge is 0.338 e. The van der Waals surface area contributed by atoms with Crippen LogP contribution in [0, 0.1) is 6.92 Å². The molecule has 0 aliphatic carbocycles. The van der Waals surface area contributed by atoms with Gasteiger partial charge < -0.3 is 15.4 Å². The summed E-state index contributed by atoms with van der Waals surface area (Å²) in [5.74, 6) is -0.545. The van der Waals surface area contributed by atoms with Crippen LogP contribution in [0.1, 0.15) is 46.9 Å². The molecule has 1 aliphatic rings. The molecule has 0 bridgehead atoms. The molecule has 0 aromatic heterocycles. The lowest BCUT2D eigenvalue weighted by molar-refractivity contribution is -0.139. The second-order valence-corrected chi connectivity index (χ2v) is 7.02. The zero-order valence-electron chi connectivity index (χ0n) is 17.2. The maximum absolute atomic E-state index is 12.4.